The normalized spacial score (nSPS) is 18.8. The molecule has 1 aliphatic rings. The Balaban J connectivity index is 1.47. The van der Waals surface area contributed by atoms with Gasteiger partial charge in [0.15, 0.2) is 6.10 Å². The molecule has 3 heterocycles. The molecule has 1 aliphatic heterocycles. The van der Waals surface area contributed by atoms with Crippen LogP contribution < -0.4 is 20.7 Å². The van der Waals surface area contributed by atoms with Crippen molar-refractivity contribution in [1.29, 1.82) is 0 Å². The average molecular weight is 456 g/mol. The number of ether oxygens (including phenoxy) is 2. The van der Waals surface area contributed by atoms with Crippen LogP contribution in [-0.2, 0) is 15.1 Å². The first kappa shape index (κ1) is 22.1. The van der Waals surface area contributed by atoms with Gasteiger partial charge in [0.25, 0.3) is 5.91 Å². The van der Waals surface area contributed by atoms with E-state index in [-0.39, 0.29) is 5.91 Å². The Kier molecular flexibility index (Phi) is 6.88. The number of benzene rings is 1. The summed E-state index contributed by atoms with van der Waals surface area (Å²) in [5.41, 5.74) is 1.14. The second-order valence-corrected chi connectivity index (χ2v) is 8.23. The minimum absolute atomic E-state index is 0.314. The van der Waals surface area contributed by atoms with Gasteiger partial charge in [-0.2, -0.15) is 10.2 Å². The van der Waals surface area contributed by atoms with Crippen molar-refractivity contribution >= 4 is 27.5 Å². The Morgan fingerprint density at radius 3 is 2.69 bits per heavy atom. The SMILES string of the molecule is CCO[C@H](C(=O)Nc1nnc(NC2(c3cccnn3)CCNC2)s1)c1ccc(OC)cc1. The van der Waals surface area contributed by atoms with Gasteiger partial charge in [-0.3, -0.25) is 10.1 Å². The smallest absolute Gasteiger partial charge is 0.259 e. The van der Waals surface area contributed by atoms with Gasteiger partial charge in [0.1, 0.15) is 5.75 Å². The molecule has 0 radical (unpaired) electrons. The number of rotatable bonds is 9. The molecule has 0 bridgehead atoms. The summed E-state index contributed by atoms with van der Waals surface area (Å²) >= 11 is 1.26. The number of aromatic nitrogens is 4. The van der Waals surface area contributed by atoms with Gasteiger partial charge in [-0.05, 0) is 49.7 Å². The van der Waals surface area contributed by atoms with E-state index < -0.39 is 11.6 Å². The molecule has 32 heavy (non-hydrogen) atoms. The summed E-state index contributed by atoms with van der Waals surface area (Å²) in [6, 6.07) is 11.0. The molecule has 3 N–H and O–H groups in total. The van der Waals surface area contributed by atoms with E-state index in [4.69, 9.17) is 9.47 Å². The van der Waals surface area contributed by atoms with E-state index in [1.54, 1.807) is 25.4 Å². The fourth-order valence-corrected chi connectivity index (χ4v) is 4.35. The summed E-state index contributed by atoms with van der Waals surface area (Å²) in [7, 11) is 1.60. The third kappa shape index (κ3) is 4.85. The molecule has 1 aromatic carbocycles. The van der Waals surface area contributed by atoms with E-state index in [1.807, 2.05) is 31.2 Å². The van der Waals surface area contributed by atoms with E-state index >= 15 is 0 Å². The lowest BCUT2D eigenvalue weighted by atomic mass is 9.94. The number of methoxy groups -OCH3 is 1. The lowest BCUT2D eigenvalue weighted by Crippen LogP contribution is -2.38. The number of nitrogens with one attached hydrogen (secondary N) is 3. The van der Waals surface area contributed by atoms with Crippen molar-refractivity contribution in [1.82, 2.24) is 25.7 Å². The van der Waals surface area contributed by atoms with Crippen molar-refractivity contribution in [2.45, 2.75) is 25.0 Å². The topological polar surface area (TPSA) is 123 Å². The highest BCUT2D eigenvalue weighted by Gasteiger charge is 2.38. The molecule has 2 aromatic heterocycles. The van der Waals surface area contributed by atoms with Crippen molar-refractivity contribution in [3.05, 3.63) is 53.9 Å². The molecular weight excluding hydrogens is 430 g/mol. The average Bonchev–Trinajstić information content (AvgIpc) is 3.48. The van der Waals surface area contributed by atoms with Crippen LogP contribution in [0.5, 0.6) is 5.75 Å². The van der Waals surface area contributed by atoms with Gasteiger partial charge in [0, 0.05) is 19.3 Å². The van der Waals surface area contributed by atoms with E-state index in [9.17, 15) is 4.79 Å². The van der Waals surface area contributed by atoms with Gasteiger partial charge in [0.2, 0.25) is 10.3 Å². The van der Waals surface area contributed by atoms with Crippen LogP contribution in [0.2, 0.25) is 0 Å². The summed E-state index contributed by atoms with van der Waals surface area (Å²) in [5.74, 6) is 0.397. The Labute approximate surface area is 189 Å². The molecule has 11 heteroatoms. The van der Waals surface area contributed by atoms with E-state index in [2.05, 4.69) is 36.3 Å². The van der Waals surface area contributed by atoms with E-state index in [1.165, 1.54) is 11.3 Å². The number of amides is 1. The first-order chi connectivity index (χ1) is 15.6. The third-order valence-electron chi connectivity index (χ3n) is 5.21. The van der Waals surface area contributed by atoms with Crippen LogP contribution in [0.1, 0.15) is 30.7 Å². The summed E-state index contributed by atoms with van der Waals surface area (Å²) < 4.78 is 10.9. The third-order valence-corrected chi connectivity index (χ3v) is 5.96. The first-order valence-electron chi connectivity index (χ1n) is 10.3. The first-order valence-corrected chi connectivity index (χ1v) is 11.1. The minimum atomic E-state index is -0.767. The van der Waals surface area contributed by atoms with Gasteiger partial charge in [-0.1, -0.05) is 23.5 Å². The monoisotopic (exact) mass is 455 g/mol. The van der Waals surface area contributed by atoms with Crippen LogP contribution in [0.25, 0.3) is 0 Å². The number of anilines is 2. The Morgan fingerprint density at radius 2 is 2.03 bits per heavy atom. The molecule has 168 valence electrons. The maximum absolute atomic E-state index is 12.9. The maximum atomic E-state index is 12.9. The zero-order chi connectivity index (χ0) is 22.4. The van der Waals surface area contributed by atoms with Gasteiger partial charge >= 0.3 is 0 Å². The predicted octanol–water partition coefficient (Wildman–Crippen LogP) is 2.35. The van der Waals surface area contributed by atoms with Gasteiger partial charge in [-0.15, -0.1) is 10.2 Å². The Morgan fingerprint density at radius 1 is 1.22 bits per heavy atom. The summed E-state index contributed by atoms with van der Waals surface area (Å²) in [6.07, 6.45) is 1.71. The van der Waals surface area contributed by atoms with Crippen LogP contribution in [0, 0.1) is 0 Å². The molecule has 1 unspecified atom stereocenters. The van der Waals surface area contributed by atoms with Crippen LogP contribution in [0.3, 0.4) is 0 Å². The number of nitrogens with zero attached hydrogens (tertiary/aromatic N) is 4. The number of hydrogen-bond donors (Lipinski definition) is 3. The Hall–Kier alpha value is -3.15. The molecule has 1 saturated heterocycles. The van der Waals surface area contributed by atoms with E-state index in [0.717, 1.165) is 24.2 Å². The lowest BCUT2D eigenvalue weighted by molar-refractivity contribution is -0.127. The molecule has 2 atom stereocenters. The molecule has 10 nitrogen and oxygen atoms in total. The molecule has 0 aliphatic carbocycles. The zero-order valence-corrected chi connectivity index (χ0v) is 18.7. The molecular formula is C21H25N7O3S. The fraction of sp³-hybridized carbons (Fsp3) is 0.381. The molecule has 0 saturated carbocycles. The van der Waals surface area contributed by atoms with Gasteiger partial charge in [0.05, 0.1) is 18.3 Å². The lowest BCUT2D eigenvalue weighted by Gasteiger charge is -2.27. The van der Waals surface area contributed by atoms with Crippen molar-refractivity contribution in [2.24, 2.45) is 0 Å². The number of hydrogen-bond acceptors (Lipinski definition) is 10. The summed E-state index contributed by atoms with van der Waals surface area (Å²) in [5, 5.41) is 27.2. The van der Waals surface area contributed by atoms with Crippen LogP contribution in [0.15, 0.2) is 42.6 Å². The summed E-state index contributed by atoms with van der Waals surface area (Å²) in [4.78, 5) is 12.9. The van der Waals surface area contributed by atoms with Crippen LogP contribution in [0.4, 0.5) is 10.3 Å². The second-order valence-electron chi connectivity index (χ2n) is 7.25. The number of carbonyl (C=O) groups is 1. The number of carbonyl (C=O) groups excluding carboxylic acids is 1. The highest BCUT2D eigenvalue weighted by Crippen LogP contribution is 2.33. The molecule has 4 rings (SSSR count). The van der Waals surface area contributed by atoms with Crippen molar-refractivity contribution in [3.8, 4) is 5.75 Å². The molecule has 1 amide bonds. The molecule has 3 aromatic rings. The molecule has 0 spiro atoms. The predicted molar refractivity (Wildman–Crippen MR) is 121 cm³/mol. The molecule has 1 fully saturated rings. The van der Waals surface area contributed by atoms with Gasteiger partial charge in [-0.25, -0.2) is 0 Å². The zero-order valence-electron chi connectivity index (χ0n) is 17.9. The fourth-order valence-electron chi connectivity index (χ4n) is 3.61. The van der Waals surface area contributed by atoms with Crippen molar-refractivity contribution in [3.63, 3.8) is 0 Å². The van der Waals surface area contributed by atoms with Crippen molar-refractivity contribution < 1.29 is 14.3 Å². The highest BCUT2D eigenvalue weighted by atomic mass is 32.1. The quantitative estimate of drug-likeness (QED) is 0.446. The summed E-state index contributed by atoms with van der Waals surface area (Å²) in [6.45, 7) is 3.78. The largest absolute Gasteiger partial charge is 0.497 e. The second kappa shape index (κ2) is 9.98. The maximum Gasteiger partial charge on any atom is 0.259 e. The van der Waals surface area contributed by atoms with Crippen molar-refractivity contribution in [2.75, 3.05) is 37.4 Å². The van der Waals surface area contributed by atoms with E-state index in [0.29, 0.717) is 29.2 Å². The van der Waals surface area contributed by atoms with Crippen LogP contribution in [-0.4, -0.2) is 53.1 Å². The standard InChI is InChI=1S/C21H25N7O3S/c1-3-31-17(14-6-8-15(30-2)9-7-14)18(29)24-19-27-28-20(32-19)25-21(10-12-22-13-21)16-5-4-11-23-26-16/h4-9,11,17,22H,3,10,12-13H2,1-2H3,(H,25,28)(H,24,27,29)/t17-,21?/m0/s1. The Bertz CT molecular complexity index is 1020. The van der Waals surface area contributed by atoms with Gasteiger partial charge < -0.3 is 20.1 Å². The highest BCUT2D eigenvalue weighted by molar-refractivity contribution is 7.19. The minimum Gasteiger partial charge on any atom is -0.497 e. The van der Waals surface area contributed by atoms with Crippen LogP contribution >= 0.6 is 11.3 Å².